The Balaban J connectivity index is 0.00000456. The highest BCUT2D eigenvalue weighted by molar-refractivity contribution is 7.99. The number of nitriles is 2. The molecule has 0 spiro atoms. The van der Waals surface area contributed by atoms with Gasteiger partial charge in [0.2, 0.25) is 0 Å². The molecule has 1 unspecified atom stereocenters. The molecule has 0 amide bonds. The third kappa shape index (κ3) is 6.43. The van der Waals surface area contributed by atoms with Crippen molar-refractivity contribution >= 4 is 17.6 Å². The summed E-state index contributed by atoms with van der Waals surface area (Å²) in [7, 11) is 3.35. The number of aromatic nitrogens is 1. The van der Waals surface area contributed by atoms with Crippen LogP contribution in [0.15, 0.2) is 53.1 Å². The molecule has 2 aromatic rings. The second kappa shape index (κ2) is 12.4. The number of hydrogen-bond acceptors (Lipinski definition) is 8. The highest BCUT2D eigenvalue weighted by Gasteiger charge is 2.27. The molecule has 0 aliphatic heterocycles. The van der Waals surface area contributed by atoms with Crippen molar-refractivity contribution in [2.45, 2.75) is 24.8 Å². The van der Waals surface area contributed by atoms with Gasteiger partial charge in [0.25, 0.3) is 0 Å². The van der Waals surface area contributed by atoms with Crippen molar-refractivity contribution in [2.24, 2.45) is 11.1 Å². The minimum absolute atomic E-state index is 0. The summed E-state index contributed by atoms with van der Waals surface area (Å²) in [4.78, 5) is 4.67. The van der Waals surface area contributed by atoms with Gasteiger partial charge in [-0.1, -0.05) is 42.9 Å². The Morgan fingerprint density at radius 2 is 1.94 bits per heavy atom. The summed E-state index contributed by atoms with van der Waals surface area (Å²) in [6.07, 6.45) is 8.23. The summed E-state index contributed by atoms with van der Waals surface area (Å²) >= 11 is 1.54. The van der Waals surface area contributed by atoms with E-state index in [4.69, 9.17) is 15.2 Å². The van der Waals surface area contributed by atoms with Crippen molar-refractivity contribution in [1.82, 2.24) is 4.98 Å². The zero-order valence-corrected chi connectivity index (χ0v) is 21.2. The van der Waals surface area contributed by atoms with E-state index in [0.29, 0.717) is 53.0 Å². The topological polar surface area (TPSA) is 117 Å². The summed E-state index contributed by atoms with van der Waals surface area (Å²) in [5.74, 6) is 1.89. The van der Waals surface area contributed by atoms with Gasteiger partial charge in [-0.25, -0.2) is 4.98 Å². The molecule has 35 heavy (non-hydrogen) atoms. The number of benzene rings is 1. The van der Waals surface area contributed by atoms with E-state index >= 15 is 0 Å². The van der Waals surface area contributed by atoms with E-state index in [1.165, 1.54) is 5.57 Å². The largest absolute Gasteiger partial charge is 0.491 e. The van der Waals surface area contributed by atoms with Crippen molar-refractivity contribution in [3.05, 3.63) is 59.2 Å². The maximum absolute atomic E-state index is 10.1. The van der Waals surface area contributed by atoms with E-state index < -0.39 is 0 Å². The molecule has 1 aromatic heterocycles. The minimum Gasteiger partial charge on any atom is -0.491 e. The van der Waals surface area contributed by atoms with Crippen molar-refractivity contribution < 1.29 is 10.9 Å². The van der Waals surface area contributed by atoms with Crippen LogP contribution in [0.3, 0.4) is 0 Å². The van der Waals surface area contributed by atoms with Crippen LogP contribution in [0.1, 0.15) is 32.3 Å². The number of nitrogens with one attached hydrogen (secondary N) is 1. The lowest BCUT2D eigenvalue weighted by Crippen LogP contribution is -2.21. The molecule has 1 aliphatic carbocycles. The average Bonchev–Trinajstić information content (AvgIpc) is 2.87. The Morgan fingerprint density at radius 1 is 1.20 bits per heavy atom. The Hall–Kier alpha value is -3.30. The molecule has 0 saturated carbocycles. The van der Waals surface area contributed by atoms with E-state index in [-0.39, 0.29) is 6.84 Å². The summed E-state index contributed by atoms with van der Waals surface area (Å²) < 4.78 is 10.7. The third-order valence-electron chi connectivity index (χ3n) is 5.79. The van der Waals surface area contributed by atoms with Gasteiger partial charge in [-0.2, -0.15) is 10.5 Å². The molecule has 0 fully saturated rings. The fourth-order valence-electron chi connectivity index (χ4n) is 4.05. The Kier molecular flexibility index (Phi) is 9.33. The molecular weight excluding hydrogens is 458 g/mol. The molecule has 8 heteroatoms. The first-order chi connectivity index (χ1) is 17.0. The van der Waals surface area contributed by atoms with E-state index in [1.807, 2.05) is 24.3 Å². The maximum atomic E-state index is 10.1. The van der Waals surface area contributed by atoms with Crippen molar-refractivity contribution in [3.63, 3.8) is 0 Å². The van der Waals surface area contributed by atoms with E-state index in [9.17, 15) is 10.5 Å². The lowest BCUT2D eigenvalue weighted by molar-refractivity contribution is 0.146. The highest BCUT2D eigenvalue weighted by Crippen LogP contribution is 2.41. The standard InChI is InChI=1S/C27H31N5O2S.H2/c1-27(11-4-5-19(15-27)10-12-28)18-35-26-23(17-30)24(22(16-29)25(31-2)32-26)20-6-8-21(9-7-20)34-14-13-33-3;/h4-9,11H,10,12-15,18,28H2,1-3H3,(H,31,32);1H. The number of anilines is 1. The first-order valence-electron chi connectivity index (χ1n) is 11.5. The maximum Gasteiger partial charge on any atom is 0.145 e. The molecular formula is C27H33N5O2S. The Labute approximate surface area is 213 Å². The molecule has 184 valence electrons. The van der Waals surface area contributed by atoms with Crippen LogP contribution in [0.25, 0.3) is 11.1 Å². The van der Waals surface area contributed by atoms with Crippen LogP contribution in [0.2, 0.25) is 0 Å². The number of rotatable bonds is 11. The third-order valence-corrected chi connectivity index (χ3v) is 7.16. The number of ether oxygens (including phenoxy) is 2. The van der Waals surface area contributed by atoms with Gasteiger partial charge in [0.05, 0.1) is 12.2 Å². The summed E-state index contributed by atoms with van der Waals surface area (Å²) in [5, 5.41) is 23.7. The van der Waals surface area contributed by atoms with Crippen molar-refractivity contribution in [2.75, 3.05) is 45.0 Å². The van der Waals surface area contributed by atoms with Gasteiger partial charge in [0.1, 0.15) is 40.9 Å². The highest BCUT2D eigenvalue weighted by atomic mass is 32.2. The molecule has 1 aliphatic rings. The van der Waals surface area contributed by atoms with E-state index in [1.54, 1.807) is 25.9 Å². The number of allylic oxidation sites excluding steroid dienone is 3. The Bertz CT molecular complexity index is 1180. The lowest BCUT2D eigenvalue weighted by atomic mass is 9.81. The normalized spacial score (nSPS) is 16.8. The van der Waals surface area contributed by atoms with Crippen LogP contribution in [0.4, 0.5) is 5.82 Å². The fourth-order valence-corrected chi connectivity index (χ4v) is 5.17. The van der Waals surface area contributed by atoms with Gasteiger partial charge in [0, 0.05) is 26.9 Å². The van der Waals surface area contributed by atoms with Crippen LogP contribution in [0, 0.1) is 28.1 Å². The first-order valence-corrected chi connectivity index (χ1v) is 12.5. The van der Waals surface area contributed by atoms with E-state index in [2.05, 4.69) is 47.6 Å². The van der Waals surface area contributed by atoms with Gasteiger partial charge >= 0.3 is 0 Å². The molecule has 0 bridgehead atoms. The van der Waals surface area contributed by atoms with Crippen LogP contribution in [-0.2, 0) is 4.74 Å². The zero-order valence-electron chi connectivity index (χ0n) is 20.4. The quantitative estimate of drug-likeness (QED) is 0.328. The van der Waals surface area contributed by atoms with Crippen molar-refractivity contribution in [3.8, 4) is 29.0 Å². The lowest BCUT2D eigenvalue weighted by Gasteiger charge is -2.29. The van der Waals surface area contributed by atoms with E-state index in [0.717, 1.165) is 24.2 Å². The number of methoxy groups -OCH3 is 1. The summed E-state index contributed by atoms with van der Waals surface area (Å²) in [6.45, 7) is 3.77. The number of hydrogen-bond donors (Lipinski definition) is 2. The minimum atomic E-state index is -0.0760. The van der Waals surface area contributed by atoms with Crippen LogP contribution in [-0.4, -0.2) is 44.7 Å². The number of thioether (sulfide) groups is 1. The van der Waals surface area contributed by atoms with Crippen LogP contribution >= 0.6 is 11.8 Å². The Morgan fingerprint density at radius 3 is 2.57 bits per heavy atom. The van der Waals surface area contributed by atoms with Gasteiger partial charge in [-0.05, 0) is 42.5 Å². The van der Waals surface area contributed by atoms with Crippen molar-refractivity contribution in [1.29, 1.82) is 10.5 Å². The molecule has 3 rings (SSSR count). The molecule has 1 aromatic carbocycles. The molecule has 1 atom stereocenters. The number of pyridine rings is 1. The second-order valence-electron chi connectivity index (χ2n) is 8.57. The predicted molar refractivity (Wildman–Crippen MR) is 142 cm³/mol. The smallest absolute Gasteiger partial charge is 0.145 e. The molecule has 0 saturated heterocycles. The molecule has 0 radical (unpaired) electrons. The molecule has 7 nitrogen and oxygen atoms in total. The fraction of sp³-hybridized carbons (Fsp3) is 0.370. The number of nitrogens with zero attached hydrogens (tertiary/aromatic N) is 3. The first kappa shape index (κ1) is 26.3. The van der Waals surface area contributed by atoms with Gasteiger partial charge in [0.15, 0.2) is 0 Å². The summed E-state index contributed by atoms with van der Waals surface area (Å²) in [5.41, 5.74) is 9.10. The second-order valence-corrected chi connectivity index (χ2v) is 9.54. The SMILES string of the molecule is CNc1nc(SCC2(C)C=CC=C(CCN)C2)c(C#N)c(-c2ccc(OCCOC)cc2)c1C#N.[HH]. The summed E-state index contributed by atoms with van der Waals surface area (Å²) in [6, 6.07) is 12.0. The predicted octanol–water partition coefficient (Wildman–Crippen LogP) is 5.14. The average molecular weight is 492 g/mol. The van der Waals surface area contributed by atoms with Crippen LogP contribution in [0.5, 0.6) is 5.75 Å². The zero-order chi connectivity index (χ0) is 25.3. The van der Waals surface area contributed by atoms with Gasteiger partial charge < -0.3 is 20.5 Å². The van der Waals surface area contributed by atoms with Crippen LogP contribution < -0.4 is 15.8 Å². The molecule has 3 N–H and O–H groups in total. The van der Waals surface area contributed by atoms with Gasteiger partial charge in [-0.3, -0.25) is 0 Å². The molecule has 1 heterocycles. The van der Waals surface area contributed by atoms with Gasteiger partial charge in [-0.15, -0.1) is 11.8 Å². The number of nitrogens with two attached hydrogens (primary N) is 1. The monoisotopic (exact) mass is 491 g/mol.